The van der Waals surface area contributed by atoms with Crippen LogP contribution in [0.4, 0.5) is 5.69 Å². The molecule has 168 valence electrons. The number of nitrogens with one attached hydrogen (secondary N) is 1. The SMILES string of the molecule is CC[C@@H](Oc1ccccc1C)C(=O)Nc1ccc(OC)c(S(=O)(=O)N2CCCCC2)c1. The van der Waals surface area contributed by atoms with E-state index in [1.807, 2.05) is 38.1 Å². The third-order valence-electron chi connectivity index (χ3n) is 5.39. The first kappa shape index (κ1) is 23.1. The number of ether oxygens (including phenoxy) is 2. The number of hydrogen-bond donors (Lipinski definition) is 1. The Morgan fingerprint density at radius 1 is 1.10 bits per heavy atom. The van der Waals surface area contributed by atoms with E-state index in [-0.39, 0.29) is 16.6 Å². The van der Waals surface area contributed by atoms with E-state index in [2.05, 4.69) is 5.32 Å². The van der Waals surface area contributed by atoms with Crippen molar-refractivity contribution in [2.24, 2.45) is 0 Å². The summed E-state index contributed by atoms with van der Waals surface area (Å²) in [5.41, 5.74) is 1.32. The summed E-state index contributed by atoms with van der Waals surface area (Å²) >= 11 is 0. The first-order valence-corrected chi connectivity index (χ1v) is 12.0. The zero-order valence-electron chi connectivity index (χ0n) is 18.3. The van der Waals surface area contributed by atoms with E-state index in [0.29, 0.717) is 30.9 Å². The number of methoxy groups -OCH3 is 1. The van der Waals surface area contributed by atoms with Crippen LogP contribution in [0.3, 0.4) is 0 Å². The molecule has 1 saturated heterocycles. The van der Waals surface area contributed by atoms with Crippen molar-refractivity contribution in [2.45, 2.75) is 50.5 Å². The van der Waals surface area contributed by atoms with Crippen LogP contribution in [0.2, 0.25) is 0 Å². The summed E-state index contributed by atoms with van der Waals surface area (Å²) in [5, 5.41) is 2.80. The van der Waals surface area contributed by atoms with E-state index in [1.165, 1.54) is 17.5 Å². The number of rotatable bonds is 8. The van der Waals surface area contributed by atoms with Crippen molar-refractivity contribution < 1.29 is 22.7 Å². The Bertz CT molecular complexity index is 1020. The van der Waals surface area contributed by atoms with E-state index in [4.69, 9.17) is 9.47 Å². The van der Waals surface area contributed by atoms with E-state index < -0.39 is 16.1 Å². The number of carbonyl (C=O) groups is 1. The van der Waals surface area contributed by atoms with Gasteiger partial charge in [0.15, 0.2) is 6.10 Å². The van der Waals surface area contributed by atoms with Crippen LogP contribution in [0.15, 0.2) is 47.4 Å². The van der Waals surface area contributed by atoms with Crippen molar-refractivity contribution in [3.8, 4) is 11.5 Å². The normalized spacial score (nSPS) is 15.8. The van der Waals surface area contributed by atoms with Crippen LogP contribution >= 0.6 is 0 Å². The Labute approximate surface area is 184 Å². The average Bonchev–Trinajstić information content (AvgIpc) is 2.79. The predicted molar refractivity (Wildman–Crippen MR) is 120 cm³/mol. The first-order chi connectivity index (χ1) is 14.9. The van der Waals surface area contributed by atoms with Crippen molar-refractivity contribution in [2.75, 3.05) is 25.5 Å². The lowest BCUT2D eigenvalue weighted by Gasteiger charge is -2.26. The molecule has 0 spiro atoms. The van der Waals surface area contributed by atoms with E-state index in [1.54, 1.807) is 12.1 Å². The van der Waals surface area contributed by atoms with E-state index in [0.717, 1.165) is 24.8 Å². The second-order valence-electron chi connectivity index (χ2n) is 7.60. The number of carbonyl (C=O) groups excluding carboxylic acids is 1. The largest absolute Gasteiger partial charge is 0.495 e. The lowest BCUT2D eigenvalue weighted by molar-refractivity contribution is -0.122. The molecule has 1 heterocycles. The third kappa shape index (κ3) is 5.37. The van der Waals surface area contributed by atoms with Crippen molar-refractivity contribution >= 4 is 21.6 Å². The molecule has 0 radical (unpaired) electrons. The molecule has 31 heavy (non-hydrogen) atoms. The molecule has 2 aromatic rings. The molecule has 1 N–H and O–H groups in total. The number of piperidine rings is 1. The van der Waals surface area contributed by atoms with Gasteiger partial charge in [0, 0.05) is 18.8 Å². The summed E-state index contributed by atoms with van der Waals surface area (Å²) in [7, 11) is -2.28. The Kier molecular flexibility index (Phi) is 7.56. The lowest BCUT2D eigenvalue weighted by atomic mass is 10.2. The van der Waals surface area contributed by atoms with Crippen molar-refractivity contribution in [1.29, 1.82) is 0 Å². The Morgan fingerprint density at radius 2 is 1.81 bits per heavy atom. The maximum atomic E-state index is 13.2. The van der Waals surface area contributed by atoms with Gasteiger partial charge in [-0.3, -0.25) is 4.79 Å². The van der Waals surface area contributed by atoms with Crippen LogP contribution in [0, 0.1) is 6.92 Å². The smallest absolute Gasteiger partial charge is 0.265 e. The second-order valence-corrected chi connectivity index (χ2v) is 9.51. The minimum Gasteiger partial charge on any atom is -0.495 e. The molecule has 0 bridgehead atoms. The van der Waals surface area contributed by atoms with Crippen LogP contribution in [0.25, 0.3) is 0 Å². The quantitative estimate of drug-likeness (QED) is 0.663. The zero-order chi connectivity index (χ0) is 22.4. The molecule has 1 aliphatic heterocycles. The van der Waals surface area contributed by atoms with Gasteiger partial charge in [0.25, 0.3) is 5.91 Å². The minimum atomic E-state index is -3.72. The molecule has 0 aromatic heterocycles. The van der Waals surface area contributed by atoms with Gasteiger partial charge in [-0.1, -0.05) is 31.5 Å². The number of benzene rings is 2. The van der Waals surface area contributed by atoms with Crippen LogP contribution < -0.4 is 14.8 Å². The van der Waals surface area contributed by atoms with Gasteiger partial charge in [-0.05, 0) is 56.0 Å². The maximum Gasteiger partial charge on any atom is 0.265 e. The fourth-order valence-electron chi connectivity index (χ4n) is 3.59. The van der Waals surface area contributed by atoms with Gasteiger partial charge in [-0.25, -0.2) is 8.42 Å². The number of amides is 1. The summed E-state index contributed by atoms with van der Waals surface area (Å²) in [6.45, 7) is 4.76. The summed E-state index contributed by atoms with van der Waals surface area (Å²) in [4.78, 5) is 12.9. The minimum absolute atomic E-state index is 0.0579. The van der Waals surface area contributed by atoms with E-state index in [9.17, 15) is 13.2 Å². The fourth-order valence-corrected chi connectivity index (χ4v) is 5.29. The van der Waals surface area contributed by atoms with Gasteiger partial charge in [0.1, 0.15) is 16.4 Å². The predicted octanol–water partition coefficient (Wildman–Crippen LogP) is 3.97. The average molecular weight is 447 g/mol. The summed E-state index contributed by atoms with van der Waals surface area (Å²) in [6, 6.07) is 12.2. The van der Waals surface area contributed by atoms with E-state index >= 15 is 0 Å². The Morgan fingerprint density at radius 3 is 2.45 bits per heavy atom. The summed E-state index contributed by atoms with van der Waals surface area (Å²) in [5.74, 6) is 0.566. The van der Waals surface area contributed by atoms with Gasteiger partial charge in [0.05, 0.1) is 7.11 Å². The van der Waals surface area contributed by atoms with Crippen LogP contribution in [0.1, 0.15) is 38.2 Å². The first-order valence-electron chi connectivity index (χ1n) is 10.6. The molecule has 7 nitrogen and oxygen atoms in total. The molecule has 0 unspecified atom stereocenters. The molecule has 3 rings (SSSR count). The highest BCUT2D eigenvalue weighted by Gasteiger charge is 2.29. The molecule has 0 aliphatic carbocycles. The van der Waals surface area contributed by atoms with Crippen molar-refractivity contribution in [3.63, 3.8) is 0 Å². The van der Waals surface area contributed by atoms with Gasteiger partial charge < -0.3 is 14.8 Å². The summed E-state index contributed by atoms with van der Waals surface area (Å²) in [6.07, 6.45) is 2.47. The maximum absolute atomic E-state index is 13.2. The number of nitrogens with zero attached hydrogens (tertiary/aromatic N) is 1. The van der Waals surface area contributed by atoms with Crippen molar-refractivity contribution in [1.82, 2.24) is 4.31 Å². The highest BCUT2D eigenvalue weighted by Crippen LogP contribution is 2.31. The number of para-hydroxylation sites is 1. The van der Waals surface area contributed by atoms with Crippen molar-refractivity contribution in [3.05, 3.63) is 48.0 Å². The molecular weight excluding hydrogens is 416 g/mol. The Hall–Kier alpha value is -2.58. The highest BCUT2D eigenvalue weighted by molar-refractivity contribution is 7.89. The highest BCUT2D eigenvalue weighted by atomic mass is 32.2. The Balaban J connectivity index is 1.82. The van der Waals surface area contributed by atoms with Crippen LogP contribution in [-0.4, -0.2) is 44.9 Å². The molecule has 2 aromatic carbocycles. The number of anilines is 1. The van der Waals surface area contributed by atoms with Gasteiger partial charge >= 0.3 is 0 Å². The topological polar surface area (TPSA) is 84.9 Å². The molecule has 0 saturated carbocycles. The van der Waals surface area contributed by atoms with Gasteiger partial charge in [-0.15, -0.1) is 0 Å². The standard InChI is InChI=1S/C23H30N2O5S/c1-4-19(30-20-11-7-6-10-17(20)2)23(26)24-18-12-13-21(29-3)22(16-18)31(27,28)25-14-8-5-9-15-25/h6-7,10-13,16,19H,4-5,8-9,14-15H2,1-3H3,(H,24,26)/t19-/m1/s1. The second kappa shape index (κ2) is 10.2. The molecular formula is C23H30N2O5S. The zero-order valence-corrected chi connectivity index (χ0v) is 19.1. The number of sulfonamides is 1. The monoisotopic (exact) mass is 446 g/mol. The lowest BCUT2D eigenvalue weighted by Crippen LogP contribution is -2.36. The number of hydrogen-bond acceptors (Lipinski definition) is 5. The molecule has 1 amide bonds. The summed E-state index contributed by atoms with van der Waals surface area (Å²) < 4.78 is 39.0. The third-order valence-corrected chi connectivity index (χ3v) is 7.31. The molecule has 1 atom stereocenters. The van der Waals surface area contributed by atoms with Crippen LogP contribution in [0.5, 0.6) is 11.5 Å². The number of aryl methyl sites for hydroxylation is 1. The molecule has 8 heteroatoms. The van der Waals surface area contributed by atoms with Gasteiger partial charge in [-0.2, -0.15) is 4.31 Å². The molecule has 1 fully saturated rings. The molecule has 1 aliphatic rings. The van der Waals surface area contributed by atoms with Gasteiger partial charge in [0.2, 0.25) is 10.0 Å². The van der Waals surface area contributed by atoms with Crippen LogP contribution in [-0.2, 0) is 14.8 Å². The fraction of sp³-hybridized carbons (Fsp3) is 0.435.